The van der Waals surface area contributed by atoms with Gasteiger partial charge in [-0.1, -0.05) is 66.8 Å². The van der Waals surface area contributed by atoms with Crippen LogP contribution in [0.1, 0.15) is 66.8 Å². The molecule has 1 nitrogen and oxygen atoms in total. The van der Waals surface area contributed by atoms with Gasteiger partial charge in [0.25, 0.3) is 0 Å². The van der Waals surface area contributed by atoms with Crippen molar-refractivity contribution in [2.75, 3.05) is 7.11 Å². The minimum atomic E-state index is 0. The van der Waals surface area contributed by atoms with Crippen LogP contribution in [0.5, 0.6) is 0 Å². The van der Waals surface area contributed by atoms with Crippen LogP contribution >= 0.6 is 0 Å². The van der Waals surface area contributed by atoms with E-state index in [1.807, 2.05) is 0 Å². The largest absolute Gasteiger partial charge is 0.400 e. The molecule has 0 atom stereocenters. The molecule has 0 aromatic carbocycles. The second-order valence-corrected chi connectivity index (χ2v) is 0. The molecule has 0 bridgehead atoms. The first-order valence-corrected chi connectivity index (χ1v) is 0.447. The van der Waals surface area contributed by atoms with Crippen molar-refractivity contribution in [3.05, 3.63) is 0 Å². The van der Waals surface area contributed by atoms with Crippen molar-refractivity contribution >= 4 is 0 Å². The summed E-state index contributed by atoms with van der Waals surface area (Å²) in [6, 6.07) is 0. The molecule has 0 saturated carbocycles. The number of rotatable bonds is 0. The van der Waals surface area contributed by atoms with Crippen molar-refractivity contribution in [2.45, 2.75) is 66.8 Å². The summed E-state index contributed by atoms with van der Waals surface area (Å²) in [4.78, 5) is 0. The summed E-state index contributed by atoms with van der Waals surface area (Å²) < 4.78 is 0. The SMILES string of the molecule is C.C.C.C.C.C.C.C.C.CO. The smallest absolute Gasteiger partial charge is 0.0319 e. The van der Waals surface area contributed by atoms with Crippen molar-refractivity contribution in [3.63, 3.8) is 0 Å². The molecule has 11 heavy (non-hydrogen) atoms. The summed E-state index contributed by atoms with van der Waals surface area (Å²) in [5.41, 5.74) is 0. The van der Waals surface area contributed by atoms with E-state index in [0.717, 1.165) is 7.11 Å². The first-order valence-electron chi connectivity index (χ1n) is 0.447. The van der Waals surface area contributed by atoms with Gasteiger partial charge in [0, 0.05) is 7.11 Å². The Labute approximate surface area is 79.9 Å². The minimum absolute atomic E-state index is 0. The summed E-state index contributed by atoms with van der Waals surface area (Å²) in [7, 11) is 1.00. The third-order valence-electron chi connectivity index (χ3n) is 0. The average Bonchev–Trinajstić information content (AvgIpc) is 1.00. The van der Waals surface area contributed by atoms with Crippen LogP contribution in [-0.4, -0.2) is 12.2 Å². The van der Waals surface area contributed by atoms with E-state index in [2.05, 4.69) is 0 Å². The molecule has 0 aromatic heterocycles. The summed E-state index contributed by atoms with van der Waals surface area (Å²) in [6.45, 7) is 0. The highest BCUT2D eigenvalue weighted by molar-refractivity contribution is 3.18. The summed E-state index contributed by atoms with van der Waals surface area (Å²) in [5.74, 6) is 0. The topological polar surface area (TPSA) is 20.2 Å². The van der Waals surface area contributed by atoms with Crippen LogP contribution in [0.3, 0.4) is 0 Å². The zero-order chi connectivity index (χ0) is 2.00. The van der Waals surface area contributed by atoms with Gasteiger partial charge in [-0.15, -0.1) is 0 Å². The standard InChI is InChI=1S/CH4O.9CH4/c1-2;;;;;;;;;/h2H,1H3;9*1H4. The Bertz CT molecular complexity index is 4.83. The van der Waals surface area contributed by atoms with Crippen molar-refractivity contribution < 1.29 is 5.11 Å². The molecule has 86 valence electrons. The second-order valence-electron chi connectivity index (χ2n) is 0. The summed E-state index contributed by atoms with van der Waals surface area (Å²) >= 11 is 0. The lowest BCUT2D eigenvalue weighted by Crippen LogP contribution is -1.25. The van der Waals surface area contributed by atoms with E-state index in [-0.39, 0.29) is 66.8 Å². The van der Waals surface area contributed by atoms with E-state index in [9.17, 15) is 0 Å². The van der Waals surface area contributed by atoms with Gasteiger partial charge >= 0.3 is 0 Å². The maximum atomic E-state index is 7.00. The van der Waals surface area contributed by atoms with Crippen molar-refractivity contribution in [3.8, 4) is 0 Å². The maximum absolute atomic E-state index is 7.00. The normalized spacial score (nSPS) is 0.545. The van der Waals surface area contributed by atoms with Gasteiger partial charge in [-0.05, 0) is 0 Å². The van der Waals surface area contributed by atoms with Gasteiger partial charge in [0.1, 0.15) is 0 Å². The first-order chi connectivity index (χ1) is 1.00. The molecule has 0 heterocycles. The Hall–Kier alpha value is -0.0400. The van der Waals surface area contributed by atoms with Crippen molar-refractivity contribution in [1.82, 2.24) is 0 Å². The van der Waals surface area contributed by atoms with Gasteiger partial charge in [0.15, 0.2) is 0 Å². The molecular weight excluding hydrogens is 136 g/mol. The predicted octanol–water partition coefficient (Wildman–Crippen LogP) is 5.33. The van der Waals surface area contributed by atoms with Crippen LogP contribution in [-0.2, 0) is 0 Å². The molecule has 1 heteroatoms. The number of aliphatic hydroxyl groups is 1. The molecule has 0 rings (SSSR count). The van der Waals surface area contributed by atoms with Gasteiger partial charge < -0.3 is 5.11 Å². The fourth-order valence-electron chi connectivity index (χ4n) is 0. The highest BCUT2D eigenvalue weighted by atomic mass is 16.2. The van der Waals surface area contributed by atoms with Crippen LogP contribution in [0.4, 0.5) is 0 Å². The molecule has 0 unspecified atom stereocenters. The Kier molecular flexibility index (Phi) is 53600000. The summed E-state index contributed by atoms with van der Waals surface area (Å²) in [5, 5.41) is 7.00. The highest BCUT2D eigenvalue weighted by Gasteiger charge is 0.839. The Morgan fingerprint density at radius 2 is 0.364 bits per heavy atom. The molecule has 0 amide bonds. The predicted molar refractivity (Wildman–Crippen MR) is 68.7 cm³/mol. The highest BCUT2D eigenvalue weighted by Crippen LogP contribution is 0.755. The van der Waals surface area contributed by atoms with Crippen molar-refractivity contribution in [2.24, 2.45) is 0 Å². The molecule has 0 aliphatic carbocycles. The third kappa shape index (κ3) is 394000. The number of hydrogen-bond acceptors (Lipinski definition) is 1. The molecule has 0 fully saturated rings. The van der Waals surface area contributed by atoms with Crippen LogP contribution < -0.4 is 0 Å². The van der Waals surface area contributed by atoms with E-state index >= 15 is 0 Å². The third-order valence-corrected chi connectivity index (χ3v) is 0. The van der Waals surface area contributed by atoms with Crippen molar-refractivity contribution in [1.29, 1.82) is 0 Å². The van der Waals surface area contributed by atoms with E-state index in [0.29, 0.717) is 0 Å². The molecule has 0 aromatic rings. The molecule has 1 N–H and O–H groups in total. The number of aliphatic hydroxyl groups excluding tert-OH is 1. The zero-order valence-electron chi connectivity index (χ0n) is 1.45. The number of hydrogen-bond donors (Lipinski definition) is 1. The first kappa shape index (κ1) is 1180. The van der Waals surface area contributed by atoms with Gasteiger partial charge in [-0.3, -0.25) is 0 Å². The summed E-state index contributed by atoms with van der Waals surface area (Å²) in [6.07, 6.45) is 0. The van der Waals surface area contributed by atoms with Gasteiger partial charge in [-0.2, -0.15) is 0 Å². The Morgan fingerprint density at radius 3 is 0.364 bits per heavy atom. The lowest BCUT2D eigenvalue weighted by atomic mass is 11.8. The van der Waals surface area contributed by atoms with Crippen LogP contribution in [0, 0.1) is 0 Å². The van der Waals surface area contributed by atoms with Crippen LogP contribution in [0.15, 0.2) is 0 Å². The molecule has 0 saturated heterocycles. The zero-order valence-corrected chi connectivity index (χ0v) is 1.45. The minimum Gasteiger partial charge on any atom is -0.400 e. The molecule has 0 spiro atoms. The van der Waals surface area contributed by atoms with Crippen LogP contribution in [0.2, 0.25) is 0 Å². The maximum Gasteiger partial charge on any atom is 0.0319 e. The van der Waals surface area contributed by atoms with E-state index in [1.54, 1.807) is 0 Å². The molecular formula is C10H40O. The average molecular weight is 176 g/mol. The van der Waals surface area contributed by atoms with Gasteiger partial charge in [0.2, 0.25) is 0 Å². The Balaban J connectivity index is -0.000000000139. The fourth-order valence-corrected chi connectivity index (χ4v) is 0. The Morgan fingerprint density at radius 1 is 0.364 bits per heavy atom. The quantitative estimate of drug-likeness (QED) is 0.528. The molecule has 0 aliphatic rings. The van der Waals surface area contributed by atoms with Crippen LogP contribution in [0.25, 0.3) is 0 Å². The monoisotopic (exact) mass is 176 g/mol. The van der Waals surface area contributed by atoms with Gasteiger partial charge in [-0.25, -0.2) is 0 Å². The fraction of sp³-hybridized carbons (Fsp3) is 1.00. The lowest BCUT2D eigenvalue weighted by Gasteiger charge is -1.21. The lowest BCUT2D eigenvalue weighted by molar-refractivity contribution is 0.399. The molecule has 0 radical (unpaired) electrons. The van der Waals surface area contributed by atoms with E-state index < -0.39 is 0 Å². The second kappa shape index (κ2) is 500000. The van der Waals surface area contributed by atoms with E-state index in [1.165, 1.54) is 0 Å². The molecule has 0 aliphatic heterocycles. The van der Waals surface area contributed by atoms with E-state index in [4.69, 9.17) is 5.11 Å². The van der Waals surface area contributed by atoms with Gasteiger partial charge in [0.05, 0.1) is 0 Å².